The summed E-state index contributed by atoms with van der Waals surface area (Å²) in [6.45, 7) is 1.43. The van der Waals surface area contributed by atoms with Gasteiger partial charge >= 0.3 is 5.97 Å². The Morgan fingerprint density at radius 2 is 1.83 bits per heavy atom. The van der Waals surface area contributed by atoms with Gasteiger partial charge in [0.2, 0.25) is 5.91 Å². The van der Waals surface area contributed by atoms with Crippen LogP contribution in [-0.4, -0.2) is 41.4 Å². The van der Waals surface area contributed by atoms with E-state index in [2.05, 4.69) is 5.32 Å². The zero-order valence-electron chi connectivity index (χ0n) is 16.5. The van der Waals surface area contributed by atoms with Crippen LogP contribution in [0.3, 0.4) is 0 Å². The number of carbonyl (C=O) groups excluding carboxylic acids is 2. The Morgan fingerprint density at radius 1 is 1.14 bits per heavy atom. The molecular weight excluding hydrogens is 368 g/mol. The van der Waals surface area contributed by atoms with Crippen molar-refractivity contribution < 1.29 is 19.5 Å². The second-order valence-electron chi connectivity index (χ2n) is 7.43. The molecule has 0 aromatic heterocycles. The number of anilines is 1. The number of aliphatic carboxylic acids is 1. The molecule has 0 saturated heterocycles. The van der Waals surface area contributed by atoms with Gasteiger partial charge in [-0.3, -0.25) is 19.7 Å². The topological polar surface area (TPSA) is 86.7 Å². The third-order valence-electron chi connectivity index (χ3n) is 5.19. The fourth-order valence-electron chi connectivity index (χ4n) is 3.73. The molecule has 1 heterocycles. The molecule has 1 aliphatic rings. The zero-order chi connectivity index (χ0) is 20.8. The van der Waals surface area contributed by atoms with Crippen LogP contribution in [0.25, 0.3) is 0 Å². The lowest BCUT2D eigenvalue weighted by molar-refractivity contribution is -0.140. The van der Waals surface area contributed by atoms with Crippen molar-refractivity contribution in [1.29, 1.82) is 0 Å². The molecule has 2 N–H and O–H groups in total. The van der Waals surface area contributed by atoms with Gasteiger partial charge in [-0.2, -0.15) is 0 Å². The monoisotopic (exact) mass is 394 g/mol. The van der Waals surface area contributed by atoms with E-state index in [1.807, 2.05) is 54.6 Å². The summed E-state index contributed by atoms with van der Waals surface area (Å²) in [5.74, 6) is -1.35. The molecule has 0 aliphatic carbocycles. The largest absolute Gasteiger partial charge is 0.480 e. The standard InChI is InChI=1S/C23H26N2O4/c1-16(26)15-25-21-10-6-5-9-18(21)12-14-19(22(25)27)24-20(23(28)29)13-11-17-7-3-2-4-8-17/h2-10,19-20,24H,11-15H2,1H3,(H,28,29)/t19-,20-/m0/s1. The van der Waals surface area contributed by atoms with Crippen molar-refractivity contribution in [3.8, 4) is 0 Å². The average Bonchev–Trinajstić information content (AvgIpc) is 2.83. The van der Waals surface area contributed by atoms with Gasteiger partial charge in [-0.05, 0) is 49.8 Å². The van der Waals surface area contributed by atoms with Crippen LogP contribution in [-0.2, 0) is 27.2 Å². The summed E-state index contributed by atoms with van der Waals surface area (Å²) in [5, 5.41) is 12.7. The highest BCUT2D eigenvalue weighted by molar-refractivity contribution is 6.02. The van der Waals surface area contributed by atoms with Gasteiger partial charge in [-0.25, -0.2) is 0 Å². The summed E-state index contributed by atoms with van der Waals surface area (Å²) in [6.07, 6.45) is 2.10. The first-order valence-electron chi connectivity index (χ1n) is 9.87. The second-order valence-corrected chi connectivity index (χ2v) is 7.43. The number of nitrogens with zero attached hydrogens (tertiary/aromatic N) is 1. The predicted molar refractivity (Wildman–Crippen MR) is 111 cm³/mol. The van der Waals surface area contributed by atoms with Gasteiger partial charge in [0.15, 0.2) is 0 Å². The molecule has 0 bridgehead atoms. The lowest BCUT2D eigenvalue weighted by atomic mass is 10.0. The number of ketones is 1. The number of carbonyl (C=O) groups is 3. The molecular formula is C23H26N2O4. The minimum absolute atomic E-state index is 0.0181. The first-order chi connectivity index (χ1) is 14.0. The van der Waals surface area contributed by atoms with E-state index in [0.29, 0.717) is 25.7 Å². The molecule has 152 valence electrons. The first kappa shape index (κ1) is 20.7. The van der Waals surface area contributed by atoms with E-state index >= 15 is 0 Å². The quantitative estimate of drug-likeness (QED) is 0.719. The number of hydrogen-bond donors (Lipinski definition) is 2. The van der Waals surface area contributed by atoms with Crippen LogP contribution in [0.4, 0.5) is 5.69 Å². The van der Waals surface area contributed by atoms with Crippen LogP contribution in [0.1, 0.15) is 30.9 Å². The SMILES string of the molecule is CC(=O)CN1C(=O)[C@@H](N[C@@H](CCc2ccccc2)C(=O)O)CCc2ccccc21. The van der Waals surface area contributed by atoms with Crippen LogP contribution in [0, 0.1) is 0 Å². The molecule has 6 heteroatoms. The number of Topliss-reactive ketones (excluding diaryl/α,β-unsaturated/α-hetero) is 1. The highest BCUT2D eigenvalue weighted by Gasteiger charge is 2.33. The maximum Gasteiger partial charge on any atom is 0.320 e. The summed E-state index contributed by atoms with van der Waals surface area (Å²) in [7, 11) is 0. The minimum atomic E-state index is -0.978. The molecule has 29 heavy (non-hydrogen) atoms. The smallest absolute Gasteiger partial charge is 0.320 e. The Labute approximate surface area is 170 Å². The molecule has 2 aromatic carbocycles. The van der Waals surface area contributed by atoms with Crippen molar-refractivity contribution in [3.63, 3.8) is 0 Å². The molecule has 6 nitrogen and oxygen atoms in total. The second kappa shape index (κ2) is 9.47. The fourth-order valence-corrected chi connectivity index (χ4v) is 3.73. The van der Waals surface area contributed by atoms with E-state index in [4.69, 9.17) is 0 Å². The highest BCUT2D eigenvalue weighted by atomic mass is 16.4. The number of hydrogen-bond acceptors (Lipinski definition) is 4. The molecule has 3 rings (SSSR count). The zero-order valence-corrected chi connectivity index (χ0v) is 16.5. The number of rotatable bonds is 8. The van der Waals surface area contributed by atoms with Crippen LogP contribution < -0.4 is 10.2 Å². The molecule has 2 atom stereocenters. The Balaban J connectivity index is 1.77. The summed E-state index contributed by atoms with van der Waals surface area (Å²) < 4.78 is 0. The molecule has 2 aromatic rings. The van der Waals surface area contributed by atoms with Crippen molar-refractivity contribution in [1.82, 2.24) is 5.32 Å². The first-order valence-corrected chi connectivity index (χ1v) is 9.87. The number of carboxylic acids is 1. The minimum Gasteiger partial charge on any atom is -0.480 e. The van der Waals surface area contributed by atoms with E-state index in [1.165, 1.54) is 11.8 Å². The Kier molecular flexibility index (Phi) is 6.77. The normalized spacial score (nSPS) is 17.3. The maximum absolute atomic E-state index is 13.2. The Bertz CT molecular complexity index is 881. The van der Waals surface area contributed by atoms with E-state index in [-0.39, 0.29) is 18.2 Å². The average molecular weight is 394 g/mol. The van der Waals surface area contributed by atoms with Gasteiger partial charge in [-0.1, -0.05) is 48.5 Å². The number of aryl methyl sites for hydroxylation is 2. The van der Waals surface area contributed by atoms with Crippen LogP contribution >= 0.6 is 0 Å². The van der Waals surface area contributed by atoms with E-state index < -0.39 is 18.1 Å². The Hall–Kier alpha value is -2.99. The summed E-state index contributed by atoms with van der Waals surface area (Å²) in [6, 6.07) is 15.7. The number of fused-ring (bicyclic) bond motifs is 1. The summed E-state index contributed by atoms with van der Waals surface area (Å²) in [4.78, 5) is 38.3. The van der Waals surface area contributed by atoms with Gasteiger partial charge in [0.1, 0.15) is 11.8 Å². The predicted octanol–water partition coefficient (Wildman–Crippen LogP) is 2.60. The van der Waals surface area contributed by atoms with Gasteiger partial charge < -0.3 is 10.0 Å². The lowest BCUT2D eigenvalue weighted by Crippen LogP contribution is -2.52. The Morgan fingerprint density at radius 3 is 2.52 bits per heavy atom. The molecule has 0 unspecified atom stereocenters. The maximum atomic E-state index is 13.2. The molecule has 0 fully saturated rings. The number of amides is 1. The van der Waals surface area contributed by atoms with E-state index in [0.717, 1.165) is 16.8 Å². The van der Waals surface area contributed by atoms with E-state index in [1.54, 1.807) is 0 Å². The summed E-state index contributed by atoms with van der Waals surface area (Å²) in [5.41, 5.74) is 2.77. The fraction of sp³-hybridized carbons (Fsp3) is 0.348. The molecule has 1 amide bonds. The van der Waals surface area contributed by atoms with Crippen molar-refractivity contribution in [2.45, 2.75) is 44.7 Å². The van der Waals surface area contributed by atoms with Crippen molar-refractivity contribution in [2.75, 3.05) is 11.4 Å². The number of carboxylic acid groups (broad SMARTS) is 1. The number of benzene rings is 2. The van der Waals surface area contributed by atoms with E-state index in [9.17, 15) is 19.5 Å². The molecule has 1 aliphatic heterocycles. The van der Waals surface area contributed by atoms with Gasteiger partial charge in [0.25, 0.3) is 0 Å². The van der Waals surface area contributed by atoms with Crippen molar-refractivity contribution in [3.05, 3.63) is 65.7 Å². The number of para-hydroxylation sites is 1. The third kappa shape index (κ3) is 5.29. The van der Waals surface area contributed by atoms with Crippen molar-refractivity contribution in [2.24, 2.45) is 0 Å². The van der Waals surface area contributed by atoms with Gasteiger partial charge in [0, 0.05) is 5.69 Å². The summed E-state index contributed by atoms with van der Waals surface area (Å²) >= 11 is 0. The van der Waals surface area contributed by atoms with Crippen molar-refractivity contribution >= 4 is 23.3 Å². The highest BCUT2D eigenvalue weighted by Crippen LogP contribution is 2.27. The molecule has 0 spiro atoms. The van der Waals surface area contributed by atoms with Crippen LogP contribution in [0.2, 0.25) is 0 Å². The van der Waals surface area contributed by atoms with Crippen LogP contribution in [0.5, 0.6) is 0 Å². The van der Waals surface area contributed by atoms with Crippen LogP contribution in [0.15, 0.2) is 54.6 Å². The molecule has 0 saturated carbocycles. The van der Waals surface area contributed by atoms with Gasteiger partial charge in [0.05, 0.1) is 12.6 Å². The van der Waals surface area contributed by atoms with Gasteiger partial charge in [-0.15, -0.1) is 0 Å². The third-order valence-corrected chi connectivity index (χ3v) is 5.19. The lowest BCUT2D eigenvalue weighted by Gasteiger charge is -2.27. The molecule has 0 radical (unpaired) electrons. The number of nitrogens with one attached hydrogen (secondary N) is 1.